The second-order valence-electron chi connectivity index (χ2n) is 4.14. The second-order valence-corrected chi connectivity index (χ2v) is 4.14. The van der Waals surface area contributed by atoms with E-state index in [1.165, 1.54) is 0 Å². The SMILES string of the molecule is CC(C)C(=O)c1ccccc1-c1ncccn1. The molecule has 0 radical (unpaired) electrons. The van der Waals surface area contributed by atoms with E-state index in [2.05, 4.69) is 9.97 Å². The molecule has 2 rings (SSSR count). The first-order chi connectivity index (χ1) is 8.20. The van der Waals surface area contributed by atoms with E-state index in [-0.39, 0.29) is 11.7 Å². The van der Waals surface area contributed by atoms with Gasteiger partial charge in [0.2, 0.25) is 0 Å². The van der Waals surface area contributed by atoms with Crippen molar-refractivity contribution in [3.8, 4) is 11.4 Å². The highest BCUT2D eigenvalue weighted by Crippen LogP contribution is 2.22. The zero-order valence-electron chi connectivity index (χ0n) is 9.92. The summed E-state index contributed by atoms with van der Waals surface area (Å²) in [5.41, 5.74) is 1.49. The first-order valence-electron chi connectivity index (χ1n) is 5.61. The number of hydrogen-bond donors (Lipinski definition) is 0. The Kier molecular flexibility index (Phi) is 3.28. The minimum Gasteiger partial charge on any atom is -0.294 e. The Morgan fingerprint density at radius 1 is 1.06 bits per heavy atom. The molecule has 1 aromatic heterocycles. The van der Waals surface area contributed by atoms with Crippen LogP contribution in [0.1, 0.15) is 24.2 Å². The number of rotatable bonds is 3. The van der Waals surface area contributed by atoms with Crippen LogP contribution in [0.15, 0.2) is 42.7 Å². The lowest BCUT2D eigenvalue weighted by Crippen LogP contribution is -2.09. The number of carbonyl (C=O) groups is 1. The Hall–Kier alpha value is -2.03. The standard InChI is InChI=1S/C14H14N2O/c1-10(2)13(17)11-6-3-4-7-12(11)14-15-8-5-9-16-14/h3-10H,1-2H3. The Labute approximate surface area is 101 Å². The number of benzene rings is 1. The van der Waals surface area contributed by atoms with Gasteiger partial charge in [-0.05, 0) is 6.07 Å². The lowest BCUT2D eigenvalue weighted by Gasteiger charge is -2.09. The number of aromatic nitrogens is 2. The van der Waals surface area contributed by atoms with Crippen molar-refractivity contribution in [3.63, 3.8) is 0 Å². The van der Waals surface area contributed by atoms with Gasteiger partial charge in [0.05, 0.1) is 0 Å². The molecule has 3 nitrogen and oxygen atoms in total. The summed E-state index contributed by atoms with van der Waals surface area (Å²) in [6, 6.07) is 9.22. The Bertz CT molecular complexity index is 521. The molecule has 0 amide bonds. The summed E-state index contributed by atoms with van der Waals surface area (Å²) < 4.78 is 0. The molecular weight excluding hydrogens is 212 g/mol. The first kappa shape index (κ1) is 11.5. The molecule has 0 aliphatic carbocycles. The van der Waals surface area contributed by atoms with Crippen LogP contribution in [0.2, 0.25) is 0 Å². The lowest BCUT2D eigenvalue weighted by molar-refractivity contribution is 0.0940. The van der Waals surface area contributed by atoms with Crippen LogP contribution < -0.4 is 0 Å². The third-order valence-corrected chi connectivity index (χ3v) is 2.52. The van der Waals surface area contributed by atoms with E-state index in [9.17, 15) is 4.79 Å². The molecule has 0 unspecified atom stereocenters. The van der Waals surface area contributed by atoms with Crippen LogP contribution in [0.25, 0.3) is 11.4 Å². The molecule has 0 bridgehead atoms. The predicted molar refractivity (Wildman–Crippen MR) is 66.6 cm³/mol. The summed E-state index contributed by atoms with van der Waals surface area (Å²) in [5.74, 6) is 0.685. The maximum absolute atomic E-state index is 12.1. The molecule has 0 saturated heterocycles. The Morgan fingerprint density at radius 3 is 2.35 bits per heavy atom. The molecule has 0 aliphatic heterocycles. The summed E-state index contributed by atoms with van der Waals surface area (Å²) in [4.78, 5) is 20.5. The Morgan fingerprint density at radius 2 is 1.71 bits per heavy atom. The zero-order valence-corrected chi connectivity index (χ0v) is 9.92. The van der Waals surface area contributed by atoms with E-state index in [1.807, 2.05) is 38.1 Å². The van der Waals surface area contributed by atoms with Gasteiger partial charge in [-0.25, -0.2) is 9.97 Å². The van der Waals surface area contributed by atoms with Crippen LogP contribution in [0, 0.1) is 5.92 Å². The molecule has 0 aliphatic rings. The third kappa shape index (κ3) is 2.38. The second kappa shape index (κ2) is 4.87. The highest BCUT2D eigenvalue weighted by Gasteiger charge is 2.16. The van der Waals surface area contributed by atoms with Gasteiger partial charge >= 0.3 is 0 Å². The maximum atomic E-state index is 12.1. The van der Waals surface area contributed by atoms with Crippen molar-refractivity contribution >= 4 is 5.78 Å². The highest BCUT2D eigenvalue weighted by molar-refractivity contribution is 6.02. The third-order valence-electron chi connectivity index (χ3n) is 2.52. The number of ketones is 1. The molecule has 2 aromatic rings. The van der Waals surface area contributed by atoms with Crippen molar-refractivity contribution in [1.29, 1.82) is 0 Å². The number of hydrogen-bond acceptors (Lipinski definition) is 3. The highest BCUT2D eigenvalue weighted by atomic mass is 16.1. The summed E-state index contributed by atoms with van der Waals surface area (Å²) in [6.45, 7) is 3.79. The van der Waals surface area contributed by atoms with Gasteiger partial charge in [0.25, 0.3) is 0 Å². The van der Waals surface area contributed by atoms with E-state index in [4.69, 9.17) is 0 Å². The smallest absolute Gasteiger partial charge is 0.166 e. The predicted octanol–water partition coefficient (Wildman–Crippen LogP) is 2.98. The van der Waals surface area contributed by atoms with E-state index < -0.39 is 0 Å². The maximum Gasteiger partial charge on any atom is 0.166 e. The average molecular weight is 226 g/mol. The molecule has 86 valence electrons. The van der Waals surface area contributed by atoms with Gasteiger partial charge in [-0.1, -0.05) is 38.1 Å². The monoisotopic (exact) mass is 226 g/mol. The van der Waals surface area contributed by atoms with Gasteiger partial charge in [-0.3, -0.25) is 4.79 Å². The van der Waals surface area contributed by atoms with Crippen molar-refractivity contribution in [3.05, 3.63) is 48.3 Å². The van der Waals surface area contributed by atoms with Crippen LogP contribution >= 0.6 is 0 Å². The molecule has 1 heterocycles. The van der Waals surface area contributed by atoms with E-state index in [0.29, 0.717) is 11.4 Å². The summed E-state index contributed by atoms with van der Waals surface area (Å²) in [5, 5.41) is 0. The average Bonchev–Trinajstić information content (AvgIpc) is 2.39. The summed E-state index contributed by atoms with van der Waals surface area (Å²) in [6.07, 6.45) is 3.36. The molecule has 0 N–H and O–H groups in total. The fourth-order valence-corrected chi connectivity index (χ4v) is 1.64. The number of Topliss-reactive ketones (excluding diaryl/α,β-unsaturated/α-hetero) is 1. The van der Waals surface area contributed by atoms with Crippen LogP contribution in [0.4, 0.5) is 0 Å². The van der Waals surface area contributed by atoms with Crippen molar-refractivity contribution < 1.29 is 4.79 Å². The Balaban J connectivity index is 2.52. The fraction of sp³-hybridized carbons (Fsp3) is 0.214. The zero-order chi connectivity index (χ0) is 12.3. The van der Waals surface area contributed by atoms with Gasteiger partial charge < -0.3 is 0 Å². The number of carbonyl (C=O) groups excluding carboxylic acids is 1. The minimum atomic E-state index is -0.0279. The van der Waals surface area contributed by atoms with Gasteiger partial charge in [0.15, 0.2) is 11.6 Å². The van der Waals surface area contributed by atoms with Gasteiger partial charge in [-0.2, -0.15) is 0 Å². The van der Waals surface area contributed by atoms with E-state index in [0.717, 1.165) is 5.56 Å². The quantitative estimate of drug-likeness (QED) is 0.755. The van der Waals surface area contributed by atoms with E-state index in [1.54, 1.807) is 18.5 Å². The molecule has 17 heavy (non-hydrogen) atoms. The van der Waals surface area contributed by atoms with Gasteiger partial charge in [0, 0.05) is 29.4 Å². The van der Waals surface area contributed by atoms with Crippen molar-refractivity contribution in [1.82, 2.24) is 9.97 Å². The summed E-state index contributed by atoms with van der Waals surface area (Å²) in [7, 11) is 0. The molecule has 1 aromatic carbocycles. The van der Waals surface area contributed by atoms with Crippen LogP contribution in [0.5, 0.6) is 0 Å². The molecule has 0 atom stereocenters. The van der Waals surface area contributed by atoms with Crippen LogP contribution in [-0.2, 0) is 0 Å². The molecular formula is C14H14N2O. The lowest BCUT2D eigenvalue weighted by atomic mass is 9.96. The molecule has 0 saturated carbocycles. The van der Waals surface area contributed by atoms with Gasteiger partial charge in [0.1, 0.15) is 0 Å². The van der Waals surface area contributed by atoms with Crippen LogP contribution in [0.3, 0.4) is 0 Å². The number of nitrogens with zero attached hydrogens (tertiary/aromatic N) is 2. The minimum absolute atomic E-state index is 0.0279. The van der Waals surface area contributed by atoms with Crippen molar-refractivity contribution in [2.75, 3.05) is 0 Å². The van der Waals surface area contributed by atoms with E-state index >= 15 is 0 Å². The van der Waals surface area contributed by atoms with Gasteiger partial charge in [-0.15, -0.1) is 0 Å². The molecule has 0 spiro atoms. The normalized spacial score (nSPS) is 10.5. The summed E-state index contributed by atoms with van der Waals surface area (Å²) >= 11 is 0. The molecule has 3 heteroatoms. The van der Waals surface area contributed by atoms with Crippen molar-refractivity contribution in [2.24, 2.45) is 5.92 Å². The fourth-order valence-electron chi connectivity index (χ4n) is 1.64. The topological polar surface area (TPSA) is 42.9 Å². The molecule has 0 fully saturated rings. The van der Waals surface area contributed by atoms with Crippen LogP contribution in [-0.4, -0.2) is 15.8 Å². The van der Waals surface area contributed by atoms with Crippen molar-refractivity contribution in [2.45, 2.75) is 13.8 Å². The first-order valence-corrected chi connectivity index (χ1v) is 5.61. The largest absolute Gasteiger partial charge is 0.294 e.